The number of rotatable bonds is 2. The maximum atomic E-state index is 13.0. The van der Waals surface area contributed by atoms with Crippen LogP contribution in [-0.2, 0) is 0 Å². The van der Waals surface area contributed by atoms with Gasteiger partial charge < -0.3 is 19.3 Å². The largest absolute Gasteiger partial charge is 0.497 e. The highest BCUT2D eigenvalue weighted by atomic mass is 16.5. The molecule has 1 saturated heterocycles. The number of aryl methyl sites for hydroxylation is 1. The molecule has 7 heteroatoms. The lowest BCUT2D eigenvalue weighted by molar-refractivity contribution is 0.0692. The summed E-state index contributed by atoms with van der Waals surface area (Å²) in [6, 6.07) is 20.7. The molecule has 2 aliphatic heterocycles. The van der Waals surface area contributed by atoms with Gasteiger partial charge in [-0.15, -0.1) is 0 Å². The van der Waals surface area contributed by atoms with Gasteiger partial charge in [0, 0.05) is 37.8 Å². The van der Waals surface area contributed by atoms with Crippen LogP contribution >= 0.6 is 0 Å². The Bertz CT molecular complexity index is 1330. The first-order valence-corrected chi connectivity index (χ1v) is 11.2. The molecule has 0 spiro atoms. The van der Waals surface area contributed by atoms with Gasteiger partial charge in [-0.05, 0) is 55.0 Å². The van der Waals surface area contributed by atoms with Gasteiger partial charge in [0.15, 0.2) is 5.75 Å². The van der Waals surface area contributed by atoms with E-state index in [0.717, 1.165) is 22.6 Å². The van der Waals surface area contributed by atoms with Crippen molar-refractivity contribution < 1.29 is 14.3 Å². The number of ether oxygens (including phenoxy) is 2. The first kappa shape index (κ1) is 21.5. The van der Waals surface area contributed by atoms with Crippen molar-refractivity contribution in [1.29, 1.82) is 5.26 Å². The number of hydrogen-bond donors (Lipinski definition) is 0. The Morgan fingerprint density at radius 1 is 1.03 bits per heavy atom. The van der Waals surface area contributed by atoms with Crippen LogP contribution in [-0.4, -0.2) is 54.8 Å². The lowest BCUT2D eigenvalue weighted by Crippen LogP contribution is -2.50. The molecule has 0 bridgehead atoms. The SMILES string of the molecule is COc1ccc2c(c1)Oc1cc(C)ccc1N=C2N1CCN(C(=O)c2cccc(C#N)c2)CC1. The van der Waals surface area contributed by atoms with Gasteiger partial charge in [-0.2, -0.15) is 5.26 Å². The van der Waals surface area contributed by atoms with Crippen LogP contribution in [0.2, 0.25) is 0 Å². The fraction of sp³-hybridized carbons (Fsp3) is 0.222. The number of methoxy groups -OCH3 is 1. The van der Waals surface area contributed by atoms with Crippen LogP contribution in [0.1, 0.15) is 27.0 Å². The Morgan fingerprint density at radius 2 is 1.85 bits per heavy atom. The Balaban J connectivity index is 1.42. The molecule has 3 aromatic rings. The van der Waals surface area contributed by atoms with E-state index in [0.29, 0.717) is 54.6 Å². The average Bonchev–Trinajstić information content (AvgIpc) is 3.04. The molecule has 3 aromatic carbocycles. The van der Waals surface area contributed by atoms with Crippen molar-refractivity contribution in [2.45, 2.75) is 6.92 Å². The second-order valence-corrected chi connectivity index (χ2v) is 8.34. The summed E-state index contributed by atoms with van der Waals surface area (Å²) in [6.45, 7) is 4.40. The molecule has 0 unspecified atom stereocenters. The molecule has 2 aliphatic rings. The number of hydrogen-bond acceptors (Lipinski definition) is 6. The lowest BCUT2D eigenvalue weighted by atomic mass is 10.1. The summed E-state index contributed by atoms with van der Waals surface area (Å²) >= 11 is 0. The van der Waals surface area contributed by atoms with Crippen molar-refractivity contribution in [1.82, 2.24) is 9.80 Å². The minimum atomic E-state index is -0.0613. The number of carbonyl (C=O) groups is 1. The Labute approximate surface area is 198 Å². The zero-order valence-electron chi connectivity index (χ0n) is 19.1. The molecule has 1 fully saturated rings. The average molecular weight is 453 g/mol. The van der Waals surface area contributed by atoms with E-state index in [1.807, 2.05) is 48.2 Å². The Hall–Kier alpha value is -4.31. The van der Waals surface area contributed by atoms with E-state index in [4.69, 9.17) is 19.7 Å². The molecule has 34 heavy (non-hydrogen) atoms. The third-order valence-corrected chi connectivity index (χ3v) is 6.10. The first-order valence-electron chi connectivity index (χ1n) is 11.2. The number of carbonyl (C=O) groups excluding carboxylic acids is 1. The number of aliphatic imine (C=N–C) groups is 1. The minimum absolute atomic E-state index is 0.0613. The molecule has 170 valence electrons. The van der Waals surface area contributed by atoms with Crippen molar-refractivity contribution in [2.24, 2.45) is 4.99 Å². The number of amidine groups is 1. The number of benzene rings is 3. The summed E-state index contributed by atoms with van der Waals surface area (Å²) in [5.74, 6) is 2.86. The molecule has 7 nitrogen and oxygen atoms in total. The Morgan fingerprint density at radius 3 is 2.62 bits per heavy atom. The van der Waals surface area contributed by atoms with E-state index in [-0.39, 0.29) is 5.91 Å². The molecule has 0 saturated carbocycles. The third kappa shape index (κ3) is 4.06. The van der Waals surface area contributed by atoms with Gasteiger partial charge in [0.2, 0.25) is 0 Å². The van der Waals surface area contributed by atoms with Crippen LogP contribution in [0.15, 0.2) is 65.7 Å². The van der Waals surface area contributed by atoms with E-state index in [1.165, 1.54) is 0 Å². The van der Waals surface area contributed by atoms with Gasteiger partial charge >= 0.3 is 0 Å². The highest BCUT2D eigenvalue weighted by Crippen LogP contribution is 2.40. The summed E-state index contributed by atoms with van der Waals surface area (Å²) in [7, 11) is 1.63. The molecule has 0 atom stereocenters. The molecule has 0 aliphatic carbocycles. The predicted molar refractivity (Wildman–Crippen MR) is 129 cm³/mol. The van der Waals surface area contributed by atoms with Crippen LogP contribution in [0, 0.1) is 18.3 Å². The van der Waals surface area contributed by atoms with Crippen LogP contribution in [0.5, 0.6) is 17.2 Å². The van der Waals surface area contributed by atoms with Crippen LogP contribution in [0.4, 0.5) is 5.69 Å². The number of piperazine rings is 1. The maximum absolute atomic E-state index is 13.0. The van der Waals surface area contributed by atoms with E-state index < -0.39 is 0 Å². The van der Waals surface area contributed by atoms with Crippen molar-refractivity contribution >= 4 is 17.4 Å². The second kappa shape index (κ2) is 8.91. The minimum Gasteiger partial charge on any atom is -0.497 e. The lowest BCUT2D eigenvalue weighted by Gasteiger charge is -2.36. The smallest absolute Gasteiger partial charge is 0.254 e. The van der Waals surface area contributed by atoms with E-state index >= 15 is 0 Å². The summed E-state index contributed by atoms with van der Waals surface area (Å²) < 4.78 is 11.7. The number of nitriles is 1. The monoisotopic (exact) mass is 452 g/mol. The van der Waals surface area contributed by atoms with Crippen LogP contribution < -0.4 is 9.47 Å². The van der Waals surface area contributed by atoms with E-state index in [1.54, 1.807) is 31.4 Å². The zero-order chi connectivity index (χ0) is 23.7. The van der Waals surface area contributed by atoms with E-state index in [2.05, 4.69) is 11.0 Å². The quantitative estimate of drug-likeness (QED) is 0.571. The molecule has 0 radical (unpaired) electrons. The summed E-state index contributed by atoms with van der Waals surface area (Å²) in [4.78, 5) is 22.0. The molecule has 0 N–H and O–H groups in total. The van der Waals surface area contributed by atoms with Crippen molar-refractivity contribution in [3.05, 3.63) is 82.9 Å². The number of nitrogens with zero attached hydrogens (tertiary/aromatic N) is 4. The predicted octanol–water partition coefficient (Wildman–Crippen LogP) is 4.52. The first-order chi connectivity index (χ1) is 16.6. The second-order valence-electron chi connectivity index (χ2n) is 8.34. The van der Waals surface area contributed by atoms with Crippen LogP contribution in [0.25, 0.3) is 0 Å². The number of fused-ring (bicyclic) bond motifs is 2. The highest BCUT2D eigenvalue weighted by Gasteiger charge is 2.28. The fourth-order valence-corrected chi connectivity index (χ4v) is 4.25. The fourth-order valence-electron chi connectivity index (χ4n) is 4.25. The van der Waals surface area contributed by atoms with E-state index in [9.17, 15) is 4.79 Å². The molecule has 5 rings (SSSR count). The molecule has 2 heterocycles. The number of amides is 1. The summed E-state index contributed by atoms with van der Waals surface area (Å²) in [5, 5.41) is 9.14. The summed E-state index contributed by atoms with van der Waals surface area (Å²) in [6.07, 6.45) is 0. The van der Waals surface area contributed by atoms with Gasteiger partial charge in [0.25, 0.3) is 5.91 Å². The molecule has 0 aromatic heterocycles. The van der Waals surface area contributed by atoms with Crippen molar-refractivity contribution in [2.75, 3.05) is 33.3 Å². The van der Waals surface area contributed by atoms with Gasteiger partial charge in [-0.3, -0.25) is 4.79 Å². The summed E-state index contributed by atoms with van der Waals surface area (Å²) in [5.41, 5.74) is 3.76. The highest BCUT2D eigenvalue weighted by molar-refractivity contribution is 6.04. The molecular weight excluding hydrogens is 428 g/mol. The van der Waals surface area contributed by atoms with Gasteiger partial charge in [-0.1, -0.05) is 12.1 Å². The van der Waals surface area contributed by atoms with Gasteiger partial charge in [-0.25, -0.2) is 4.99 Å². The molecule has 1 amide bonds. The van der Waals surface area contributed by atoms with Crippen LogP contribution in [0.3, 0.4) is 0 Å². The third-order valence-electron chi connectivity index (χ3n) is 6.10. The Kier molecular flexibility index (Phi) is 5.64. The van der Waals surface area contributed by atoms with Gasteiger partial charge in [0.05, 0.1) is 24.3 Å². The standard InChI is InChI=1S/C27H24N4O3/c1-18-6-9-23-25(14-18)34-24-16-21(33-2)7-8-22(24)26(29-23)30-10-12-31(13-11-30)27(32)20-5-3-4-19(15-20)17-28/h3-9,14-16H,10-13H2,1-2H3. The topological polar surface area (TPSA) is 78.2 Å². The normalized spacial score (nSPS) is 14.7. The van der Waals surface area contributed by atoms with Crippen molar-refractivity contribution in [3.8, 4) is 23.3 Å². The van der Waals surface area contributed by atoms with Gasteiger partial charge in [0.1, 0.15) is 23.0 Å². The maximum Gasteiger partial charge on any atom is 0.254 e. The molecular formula is C27H24N4O3. The zero-order valence-corrected chi connectivity index (χ0v) is 19.1. The van der Waals surface area contributed by atoms with Crippen molar-refractivity contribution in [3.63, 3.8) is 0 Å².